The summed E-state index contributed by atoms with van der Waals surface area (Å²) in [4.78, 5) is 30.5. The van der Waals surface area contributed by atoms with Gasteiger partial charge in [-0.3, -0.25) is 9.59 Å². The molecule has 6 nitrogen and oxygen atoms in total. The minimum absolute atomic E-state index is 0.146. The van der Waals surface area contributed by atoms with Crippen LogP contribution < -0.4 is 11.3 Å². The van der Waals surface area contributed by atoms with E-state index in [0.717, 1.165) is 6.20 Å². The zero-order valence-electron chi connectivity index (χ0n) is 10.4. The van der Waals surface area contributed by atoms with Crippen molar-refractivity contribution in [1.29, 1.82) is 0 Å². The Morgan fingerprint density at radius 3 is 2.71 bits per heavy atom. The van der Waals surface area contributed by atoms with Crippen molar-refractivity contribution >= 4 is 5.91 Å². The van der Waals surface area contributed by atoms with Crippen molar-refractivity contribution in [3.63, 3.8) is 0 Å². The summed E-state index contributed by atoms with van der Waals surface area (Å²) in [7, 11) is 1.69. The van der Waals surface area contributed by atoms with Crippen molar-refractivity contribution < 1.29 is 4.79 Å². The van der Waals surface area contributed by atoms with E-state index < -0.39 is 0 Å². The van der Waals surface area contributed by atoms with Gasteiger partial charge in [0, 0.05) is 19.8 Å². The van der Waals surface area contributed by atoms with Crippen LogP contribution in [0, 0.1) is 5.41 Å². The highest BCUT2D eigenvalue weighted by Gasteiger charge is 2.22. The van der Waals surface area contributed by atoms with E-state index in [0.29, 0.717) is 13.1 Å². The summed E-state index contributed by atoms with van der Waals surface area (Å²) in [5.74, 6) is -0.234. The average Bonchev–Trinajstić information content (AvgIpc) is 2.28. The van der Waals surface area contributed by atoms with Crippen LogP contribution in [0.3, 0.4) is 0 Å². The number of carbonyl (C=O) groups excluding carboxylic acids is 1. The third kappa shape index (κ3) is 3.67. The Morgan fingerprint density at radius 1 is 1.59 bits per heavy atom. The summed E-state index contributed by atoms with van der Waals surface area (Å²) in [6.45, 7) is 4.99. The second-order valence-electron chi connectivity index (χ2n) is 4.83. The lowest BCUT2D eigenvalue weighted by atomic mass is 9.93. The Kier molecular flexibility index (Phi) is 4.01. The summed E-state index contributed by atoms with van der Waals surface area (Å²) in [6, 6.07) is 0. The maximum atomic E-state index is 12.0. The Bertz CT molecular complexity index is 433. The summed E-state index contributed by atoms with van der Waals surface area (Å²) < 4.78 is 0. The minimum Gasteiger partial charge on any atom is -0.340 e. The molecular weight excluding hydrogens is 220 g/mol. The molecule has 1 amide bonds. The van der Waals surface area contributed by atoms with Crippen LogP contribution in [0.1, 0.15) is 24.3 Å². The first-order valence-electron chi connectivity index (χ1n) is 5.36. The maximum Gasteiger partial charge on any atom is 0.273 e. The van der Waals surface area contributed by atoms with Crippen LogP contribution in [0.4, 0.5) is 0 Å². The molecule has 17 heavy (non-hydrogen) atoms. The van der Waals surface area contributed by atoms with E-state index in [-0.39, 0.29) is 22.6 Å². The van der Waals surface area contributed by atoms with Crippen LogP contribution in [0.2, 0.25) is 0 Å². The quantitative estimate of drug-likeness (QED) is 0.761. The first-order valence-corrected chi connectivity index (χ1v) is 5.36. The molecule has 0 fully saturated rings. The van der Waals surface area contributed by atoms with Crippen molar-refractivity contribution in [3.05, 3.63) is 28.4 Å². The number of H-pyrrole nitrogens is 1. The van der Waals surface area contributed by atoms with Crippen molar-refractivity contribution in [2.75, 3.05) is 20.1 Å². The molecule has 1 aromatic rings. The molecule has 0 spiro atoms. The predicted molar refractivity (Wildman–Crippen MR) is 64.7 cm³/mol. The van der Waals surface area contributed by atoms with Crippen LogP contribution in [0.15, 0.2) is 17.2 Å². The number of aromatic nitrogens is 2. The fourth-order valence-corrected chi connectivity index (χ4v) is 1.43. The normalized spacial score (nSPS) is 11.3. The van der Waals surface area contributed by atoms with Crippen molar-refractivity contribution in [3.8, 4) is 0 Å². The van der Waals surface area contributed by atoms with Gasteiger partial charge in [-0.05, 0) is 12.0 Å². The van der Waals surface area contributed by atoms with Crippen LogP contribution in [-0.2, 0) is 0 Å². The number of aromatic amines is 1. The van der Waals surface area contributed by atoms with E-state index in [9.17, 15) is 9.59 Å². The number of hydrogen-bond acceptors (Lipinski definition) is 4. The highest BCUT2D eigenvalue weighted by Crippen LogP contribution is 2.14. The lowest BCUT2D eigenvalue weighted by Gasteiger charge is -2.28. The second kappa shape index (κ2) is 5.09. The second-order valence-corrected chi connectivity index (χ2v) is 4.83. The van der Waals surface area contributed by atoms with Crippen molar-refractivity contribution in [1.82, 2.24) is 14.9 Å². The number of nitrogens with two attached hydrogens (primary N) is 1. The van der Waals surface area contributed by atoms with Crippen molar-refractivity contribution in [2.45, 2.75) is 13.8 Å². The Balaban J connectivity index is 2.77. The number of amides is 1. The van der Waals surface area contributed by atoms with Crippen LogP contribution in [0.25, 0.3) is 0 Å². The molecule has 1 rings (SSSR count). The number of carbonyl (C=O) groups is 1. The molecule has 0 unspecified atom stereocenters. The lowest BCUT2D eigenvalue weighted by Crippen LogP contribution is -2.40. The van der Waals surface area contributed by atoms with E-state index in [4.69, 9.17) is 5.73 Å². The van der Waals surface area contributed by atoms with Gasteiger partial charge < -0.3 is 15.6 Å². The van der Waals surface area contributed by atoms with Gasteiger partial charge in [-0.1, -0.05) is 13.8 Å². The SMILES string of the molecule is CN(CC(C)(C)CN)C(=O)c1c[nH]c(=O)cn1. The molecule has 6 heteroatoms. The van der Waals surface area contributed by atoms with E-state index in [2.05, 4.69) is 9.97 Å². The molecule has 0 radical (unpaired) electrons. The van der Waals surface area contributed by atoms with Crippen LogP contribution in [0.5, 0.6) is 0 Å². The number of rotatable bonds is 4. The molecule has 1 heterocycles. The highest BCUT2D eigenvalue weighted by atomic mass is 16.2. The third-order valence-electron chi connectivity index (χ3n) is 2.46. The number of nitrogens with zero attached hydrogens (tertiary/aromatic N) is 2. The molecule has 0 bridgehead atoms. The maximum absolute atomic E-state index is 12.0. The van der Waals surface area contributed by atoms with E-state index in [1.165, 1.54) is 6.20 Å². The van der Waals surface area contributed by atoms with Crippen LogP contribution >= 0.6 is 0 Å². The highest BCUT2D eigenvalue weighted by molar-refractivity contribution is 5.91. The summed E-state index contributed by atoms with van der Waals surface area (Å²) in [5.41, 5.74) is 5.36. The largest absolute Gasteiger partial charge is 0.340 e. The van der Waals surface area contributed by atoms with Gasteiger partial charge in [0.15, 0.2) is 0 Å². The standard InChI is InChI=1S/C11H18N4O2/c1-11(2,6-12)7-15(3)10(17)8-4-14-9(16)5-13-8/h4-5H,6-7,12H2,1-3H3,(H,14,16). The van der Waals surface area contributed by atoms with Gasteiger partial charge in [0.1, 0.15) is 5.69 Å². The summed E-state index contributed by atoms with van der Waals surface area (Å²) in [6.07, 6.45) is 2.41. The molecule has 0 aliphatic rings. The molecule has 94 valence electrons. The summed E-state index contributed by atoms with van der Waals surface area (Å²) in [5, 5.41) is 0. The molecule has 0 aliphatic heterocycles. The smallest absolute Gasteiger partial charge is 0.273 e. The molecule has 1 aromatic heterocycles. The first kappa shape index (κ1) is 13.4. The zero-order chi connectivity index (χ0) is 13.1. The monoisotopic (exact) mass is 238 g/mol. The Hall–Kier alpha value is -1.69. The molecule has 0 atom stereocenters. The molecule has 0 aromatic carbocycles. The van der Waals surface area contributed by atoms with Crippen LogP contribution in [-0.4, -0.2) is 40.9 Å². The average molecular weight is 238 g/mol. The predicted octanol–water partition coefficient (Wildman–Crippen LogP) is -0.173. The van der Waals surface area contributed by atoms with E-state index >= 15 is 0 Å². The number of nitrogens with one attached hydrogen (secondary N) is 1. The van der Waals surface area contributed by atoms with E-state index in [1.54, 1.807) is 11.9 Å². The molecule has 0 saturated heterocycles. The zero-order valence-corrected chi connectivity index (χ0v) is 10.4. The Morgan fingerprint density at radius 2 is 2.24 bits per heavy atom. The van der Waals surface area contributed by atoms with Gasteiger partial charge >= 0.3 is 0 Å². The first-order chi connectivity index (χ1) is 7.85. The fraction of sp³-hybridized carbons (Fsp3) is 0.545. The molecule has 0 aliphatic carbocycles. The van der Waals surface area contributed by atoms with Crippen molar-refractivity contribution in [2.24, 2.45) is 11.1 Å². The fourth-order valence-electron chi connectivity index (χ4n) is 1.43. The molecular formula is C11H18N4O2. The van der Waals surface area contributed by atoms with Gasteiger partial charge in [-0.15, -0.1) is 0 Å². The van der Waals surface area contributed by atoms with Gasteiger partial charge in [-0.2, -0.15) is 0 Å². The number of hydrogen-bond donors (Lipinski definition) is 2. The summed E-state index contributed by atoms with van der Waals surface area (Å²) >= 11 is 0. The lowest BCUT2D eigenvalue weighted by molar-refractivity contribution is 0.0734. The van der Waals surface area contributed by atoms with Gasteiger partial charge in [0.25, 0.3) is 11.5 Å². The topological polar surface area (TPSA) is 92.1 Å². The molecule has 0 saturated carbocycles. The Labute approximate surface area is 99.8 Å². The molecule has 3 N–H and O–H groups in total. The minimum atomic E-state index is -0.327. The third-order valence-corrected chi connectivity index (χ3v) is 2.46. The van der Waals surface area contributed by atoms with Gasteiger partial charge in [-0.25, -0.2) is 4.98 Å². The van der Waals surface area contributed by atoms with Gasteiger partial charge in [0.05, 0.1) is 6.20 Å². The van der Waals surface area contributed by atoms with E-state index in [1.807, 2.05) is 13.8 Å². The van der Waals surface area contributed by atoms with Gasteiger partial charge in [0.2, 0.25) is 0 Å².